The molecule has 0 aliphatic carbocycles. The van der Waals surface area contributed by atoms with E-state index >= 15 is 0 Å². The fourth-order valence-electron chi connectivity index (χ4n) is 2.94. The number of nitrogens with one attached hydrogen (secondary N) is 2. The summed E-state index contributed by atoms with van der Waals surface area (Å²) in [6.45, 7) is 0.682. The SMILES string of the molecule is Fc1ccc(-c2[nH]ncc2-c2nc3c(cnn3Cc3cccs3)[nH]2)cc1. The van der Waals surface area contributed by atoms with Crippen molar-refractivity contribution in [1.29, 1.82) is 0 Å². The van der Waals surface area contributed by atoms with E-state index in [1.54, 1.807) is 35.9 Å². The number of aromatic nitrogens is 6. The van der Waals surface area contributed by atoms with Crippen molar-refractivity contribution < 1.29 is 4.39 Å². The largest absolute Gasteiger partial charge is 0.335 e. The van der Waals surface area contributed by atoms with E-state index in [0.717, 1.165) is 28.0 Å². The van der Waals surface area contributed by atoms with Crippen LogP contribution in [0.25, 0.3) is 33.8 Å². The standard InChI is InChI=1S/C18H13FN6S/c19-12-5-3-11(4-6-12)16-14(8-20-24-16)17-22-15-9-21-25(18(15)23-17)10-13-2-1-7-26-13/h1-9H,10H2,(H,20,24)(H,22,23). The first-order chi connectivity index (χ1) is 12.8. The van der Waals surface area contributed by atoms with Gasteiger partial charge in [-0.3, -0.25) is 5.10 Å². The van der Waals surface area contributed by atoms with Crippen LogP contribution in [0.15, 0.2) is 54.2 Å². The Morgan fingerprint density at radius 1 is 1.12 bits per heavy atom. The highest BCUT2D eigenvalue weighted by Gasteiger charge is 2.16. The Morgan fingerprint density at radius 3 is 2.81 bits per heavy atom. The first-order valence-corrected chi connectivity index (χ1v) is 8.89. The van der Waals surface area contributed by atoms with Crippen molar-refractivity contribution in [3.05, 3.63) is 64.9 Å². The van der Waals surface area contributed by atoms with Gasteiger partial charge in [0, 0.05) is 10.4 Å². The molecule has 0 saturated carbocycles. The van der Waals surface area contributed by atoms with E-state index in [9.17, 15) is 4.39 Å². The molecule has 8 heteroatoms. The zero-order valence-corrected chi connectivity index (χ0v) is 14.3. The molecule has 0 spiro atoms. The number of halogens is 1. The van der Waals surface area contributed by atoms with Crippen molar-refractivity contribution in [2.75, 3.05) is 0 Å². The van der Waals surface area contributed by atoms with Gasteiger partial charge in [-0.1, -0.05) is 6.07 Å². The summed E-state index contributed by atoms with van der Waals surface area (Å²) in [5, 5.41) is 13.6. The average Bonchev–Trinajstić information content (AvgIpc) is 3.41. The number of H-pyrrole nitrogens is 2. The van der Waals surface area contributed by atoms with Crippen molar-refractivity contribution in [1.82, 2.24) is 29.9 Å². The lowest BCUT2D eigenvalue weighted by atomic mass is 10.1. The molecule has 2 N–H and O–H groups in total. The highest BCUT2D eigenvalue weighted by molar-refractivity contribution is 7.09. The summed E-state index contributed by atoms with van der Waals surface area (Å²) in [4.78, 5) is 9.23. The molecule has 0 radical (unpaired) electrons. The topological polar surface area (TPSA) is 75.2 Å². The van der Waals surface area contributed by atoms with E-state index in [0.29, 0.717) is 12.4 Å². The minimum atomic E-state index is -0.271. The Morgan fingerprint density at radius 2 is 2.00 bits per heavy atom. The number of hydrogen-bond donors (Lipinski definition) is 2. The molecule has 1 aromatic carbocycles. The second kappa shape index (κ2) is 5.92. The normalized spacial score (nSPS) is 11.4. The maximum atomic E-state index is 13.2. The molecule has 6 nitrogen and oxygen atoms in total. The molecule has 0 amide bonds. The monoisotopic (exact) mass is 364 g/mol. The van der Waals surface area contributed by atoms with Crippen LogP contribution in [0.4, 0.5) is 4.39 Å². The third-order valence-electron chi connectivity index (χ3n) is 4.20. The highest BCUT2D eigenvalue weighted by atomic mass is 32.1. The van der Waals surface area contributed by atoms with Crippen molar-refractivity contribution in [3.8, 4) is 22.6 Å². The van der Waals surface area contributed by atoms with Gasteiger partial charge >= 0.3 is 0 Å². The predicted molar refractivity (Wildman–Crippen MR) is 98.3 cm³/mol. The average molecular weight is 364 g/mol. The molecule has 0 bridgehead atoms. The van der Waals surface area contributed by atoms with E-state index < -0.39 is 0 Å². The first kappa shape index (κ1) is 15.0. The van der Waals surface area contributed by atoms with E-state index in [1.165, 1.54) is 17.0 Å². The van der Waals surface area contributed by atoms with Crippen LogP contribution in [0.3, 0.4) is 0 Å². The number of thiophene rings is 1. The minimum absolute atomic E-state index is 0.271. The zero-order valence-electron chi connectivity index (χ0n) is 13.5. The van der Waals surface area contributed by atoms with Gasteiger partial charge in [0.05, 0.1) is 30.2 Å². The van der Waals surface area contributed by atoms with Crippen molar-refractivity contribution in [3.63, 3.8) is 0 Å². The van der Waals surface area contributed by atoms with Crippen LogP contribution >= 0.6 is 11.3 Å². The van der Waals surface area contributed by atoms with Crippen molar-refractivity contribution >= 4 is 22.5 Å². The van der Waals surface area contributed by atoms with Gasteiger partial charge in [-0.15, -0.1) is 11.3 Å². The van der Waals surface area contributed by atoms with E-state index in [-0.39, 0.29) is 5.82 Å². The fourth-order valence-corrected chi connectivity index (χ4v) is 3.63. The minimum Gasteiger partial charge on any atom is -0.335 e. The van der Waals surface area contributed by atoms with Gasteiger partial charge in [-0.05, 0) is 35.7 Å². The van der Waals surface area contributed by atoms with Gasteiger partial charge < -0.3 is 4.98 Å². The van der Waals surface area contributed by atoms with Crippen LogP contribution in [0.1, 0.15) is 4.88 Å². The first-order valence-electron chi connectivity index (χ1n) is 8.01. The smallest absolute Gasteiger partial charge is 0.177 e. The van der Waals surface area contributed by atoms with Gasteiger partial charge in [0.25, 0.3) is 0 Å². The van der Waals surface area contributed by atoms with Gasteiger partial charge in [0.2, 0.25) is 0 Å². The molecule has 4 heterocycles. The second-order valence-electron chi connectivity index (χ2n) is 5.87. The Balaban J connectivity index is 1.55. The van der Waals surface area contributed by atoms with Crippen LogP contribution < -0.4 is 0 Å². The quantitative estimate of drug-likeness (QED) is 0.505. The summed E-state index contributed by atoms with van der Waals surface area (Å²) in [5.74, 6) is 0.428. The van der Waals surface area contributed by atoms with Gasteiger partial charge in [-0.2, -0.15) is 10.2 Å². The number of nitrogens with zero attached hydrogens (tertiary/aromatic N) is 4. The van der Waals surface area contributed by atoms with E-state index in [2.05, 4.69) is 26.3 Å². The number of hydrogen-bond acceptors (Lipinski definition) is 4. The lowest BCUT2D eigenvalue weighted by molar-refractivity contribution is 0.628. The molecule has 26 heavy (non-hydrogen) atoms. The maximum Gasteiger partial charge on any atom is 0.177 e. The summed E-state index contributed by atoms with van der Waals surface area (Å²) in [6, 6.07) is 10.4. The highest BCUT2D eigenvalue weighted by Crippen LogP contribution is 2.30. The number of fused-ring (bicyclic) bond motifs is 1. The Bertz CT molecular complexity index is 1170. The lowest BCUT2D eigenvalue weighted by Gasteiger charge is -2.01. The molecular weight excluding hydrogens is 351 g/mol. The summed E-state index contributed by atoms with van der Waals surface area (Å²) < 4.78 is 15.1. The van der Waals surface area contributed by atoms with Gasteiger partial charge in [0.15, 0.2) is 5.65 Å². The summed E-state index contributed by atoms with van der Waals surface area (Å²) in [7, 11) is 0. The van der Waals surface area contributed by atoms with Crippen LogP contribution in [0.2, 0.25) is 0 Å². The van der Waals surface area contributed by atoms with E-state index in [4.69, 9.17) is 4.98 Å². The fraction of sp³-hybridized carbons (Fsp3) is 0.0556. The number of benzene rings is 1. The Hall–Kier alpha value is -3.26. The molecule has 0 aliphatic heterocycles. The van der Waals surface area contributed by atoms with Gasteiger partial charge in [-0.25, -0.2) is 14.1 Å². The molecule has 0 unspecified atom stereocenters. The molecule has 128 valence electrons. The number of rotatable bonds is 4. The number of imidazole rings is 1. The Labute approximate surface area is 151 Å². The maximum absolute atomic E-state index is 13.2. The van der Waals surface area contributed by atoms with E-state index in [1.807, 2.05) is 16.1 Å². The molecule has 0 fully saturated rings. The summed E-state index contributed by atoms with van der Waals surface area (Å²) in [6.07, 6.45) is 3.49. The Kier molecular flexibility index (Phi) is 3.42. The van der Waals surface area contributed by atoms with Crippen LogP contribution in [0, 0.1) is 5.82 Å². The van der Waals surface area contributed by atoms with Crippen molar-refractivity contribution in [2.24, 2.45) is 0 Å². The third-order valence-corrected chi connectivity index (χ3v) is 5.06. The second-order valence-corrected chi connectivity index (χ2v) is 6.90. The van der Waals surface area contributed by atoms with Crippen molar-refractivity contribution in [2.45, 2.75) is 6.54 Å². The third kappa shape index (κ3) is 2.51. The molecule has 4 aromatic heterocycles. The molecule has 5 aromatic rings. The predicted octanol–water partition coefficient (Wildman–Crippen LogP) is 4.07. The lowest BCUT2D eigenvalue weighted by Crippen LogP contribution is -2.00. The van der Waals surface area contributed by atoms with Crippen LogP contribution in [0.5, 0.6) is 0 Å². The zero-order chi connectivity index (χ0) is 17.5. The molecule has 0 atom stereocenters. The summed E-state index contributed by atoms with van der Waals surface area (Å²) >= 11 is 1.69. The van der Waals surface area contributed by atoms with Crippen LogP contribution in [-0.4, -0.2) is 29.9 Å². The number of aromatic amines is 2. The molecular formula is C18H13FN6S. The molecule has 5 rings (SSSR count). The molecule has 0 saturated heterocycles. The van der Waals surface area contributed by atoms with Crippen LogP contribution in [-0.2, 0) is 6.54 Å². The molecule has 0 aliphatic rings. The van der Waals surface area contributed by atoms with Gasteiger partial charge in [0.1, 0.15) is 17.2 Å². The summed E-state index contributed by atoms with van der Waals surface area (Å²) in [5.41, 5.74) is 4.12.